The van der Waals surface area contributed by atoms with E-state index in [1.54, 1.807) is 0 Å². The maximum atomic E-state index is 5.87. The third-order valence-electron chi connectivity index (χ3n) is 4.55. The van der Waals surface area contributed by atoms with Crippen molar-refractivity contribution in [1.82, 2.24) is 4.90 Å². The lowest BCUT2D eigenvalue weighted by Gasteiger charge is -2.40. The van der Waals surface area contributed by atoms with Crippen LogP contribution in [0.25, 0.3) is 0 Å². The first kappa shape index (κ1) is 15.0. The molecule has 1 fully saturated rings. The van der Waals surface area contributed by atoms with Crippen molar-refractivity contribution in [3.05, 3.63) is 0 Å². The number of nitrogens with zero attached hydrogens (tertiary/aromatic N) is 1. The highest BCUT2D eigenvalue weighted by atomic mass is 15.2. The fourth-order valence-electron chi connectivity index (χ4n) is 2.93. The molecule has 3 atom stereocenters. The average molecular weight is 240 g/mol. The minimum absolute atomic E-state index is 0.724. The first-order valence-corrected chi connectivity index (χ1v) is 7.63. The Kier molecular flexibility index (Phi) is 7.14. The van der Waals surface area contributed by atoms with E-state index in [1.165, 1.54) is 51.6 Å². The standard InChI is InChI=1S/C15H32N2/c1-4-5-6-7-8-14(3)17-10-9-13(2)15(11-16)12-17/h13-15H,4-12,16H2,1-3H3. The van der Waals surface area contributed by atoms with Gasteiger partial charge in [0.2, 0.25) is 0 Å². The summed E-state index contributed by atoms with van der Waals surface area (Å²) in [4.78, 5) is 2.67. The molecule has 2 N–H and O–H groups in total. The molecule has 0 aromatic carbocycles. The van der Waals surface area contributed by atoms with Gasteiger partial charge in [-0.2, -0.15) is 0 Å². The molecule has 2 heteroatoms. The number of hydrogen-bond acceptors (Lipinski definition) is 2. The summed E-state index contributed by atoms with van der Waals surface area (Å²) >= 11 is 0. The molecule has 102 valence electrons. The van der Waals surface area contributed by atoms with Gasteiger partial charge < -0.3 is 10.6 Å². The smallest absolute Gasteiger partial charge is 0.00670 e. The van der Waals surface area contributed by atoms with Gasteiger partial charge in [0.15, 0.2) is 0 Å². The molecule has 0 aromatic heterocycles. The summed E-state index contributed by atoms with van der Waals surface area (Å²) in [6, 6.07) is 0.758. The largest absolute Gasteiger partial charge is 0.330 e. The average Bonchev–Trinajstić information content (AvgIpc) is 2.35. The Bertz CT molecular complexity index is 193. The molecule has 1 saturated heterocycles. The Morgan fingerprint density at radius 2 is 2.06 bits per heavy atom. The number of nitrogens with two attached hydrogens (primary N) is 1. The van der Waals surface area contributed by atoms with Crippen LogP contribution < -0.4 is 5.73 Å². The van der Waals surface area contributed by atoms with Crippen molar-refractivity contribution in [2.45, 2.75) is 65.3 Å². The summed E-state index contributed by atoms with van der Waals surface area (Å²) in [5.74, 6) is 1.55. The van der Waals surface area contributed by atoms with Crippen LogP contribution in [0.15, 0.2) is 0 Å². The van der Waals surface area contributed by atoms with Crippen molar-refractivity contribution in [2.75, 3.05) is 19.6 Å². The molecule has 0 bridgehead atoms. The molecule has 0 spiro atoms. The van der Waals surface area contributed by atoms with Crippen LogP contribution in [-0.4, -0.2) is 30.6 Å². The molecular weight excluding hydrogens is 208 g/mol. The number of likely N-dealkylation sites (tertiary alicyclic amines) is 1. The first-order valence-electron chi connectivity index (χ1n) is 7.63. The van der Waals surface area contributed by atoms with Crippen molar-refractivity contribution < 1.29 is 0 Å². The molecule has 3 unspecified atom stereocenters. The van der Waals surface area contributed by atoms with E-state index in [4.69, 9.17) is 5.73 Å². The van der Waals surface area contributed by atoms with Crippen LogP contribution in [0.3, 0.4) is 0 Å². The van der Waals surface area contributed by atoms with Crippen molar-refractivity contribution in [3.63, 3.8) is 0 Å². The van der Waals surface area contributed by atoms with Crippen molar-refractivity contribution in [3.8, 4) is 0 Å². The number of piperidine rings is 1. The van der Waals surface area contributed by atoms with E-state index in [2.05, 4.69) is 25.7 Å². The quantitative estimate of drug-likeness (QED) is 0.692. The zero-order chi connectivity index (χ0) is 12.7. The molecule has 0 saturated carbocycles. The normalized spacial score (nSPS) is 28.2. The van der Waals surface area contributed by atoms with E-state index in [0.29, 0.717) is 0 Å². The van der Waals surface area contributed by atoms with Gasteiger partial charge in [0.1, 0.15) is 0 Å². The van der Waals surface area contributed by atoms with Crippen LogP contribution in [0.5, 0.6) is 0 Å². The van der Waals surface area contributed by atoms with Gasteiger partial charge in [-0.25, -0.2) is 0 Å². The summed E-state index contributed by atoms with van der Waals surface area (Å²) in [7, 11) is 0. The molecule has 17 heavy (non-hydrogen) atoms. The Balaban J connectivity index is 2.24. The Morgan fingerprint density at radius 3 is 2.71 bits per heavy atom. The Hall–Kier alpha value is -0.0800. The van der Waals surface area contributed by atoms with Gasteiger partial charge in [0, 0.05) is 12.6 Å². The first-order chi connectivity index (χ1) is 8.19. The van der Waals surface area contributed by atoms with Gasteiger partial charge >= 0.3 is 0 Å². The molecule has 0 aliphatic carbocycles. The summed E-state index contributed by atoms with van der Waals surface area (Å²) < 4.78 is 0. The maximum absolute atomic E-state index is 5.87. The van der Waals surface area contributed by atoms with Crippen LogP contribution in [0, 0.1) is 11.8 Å². The van der Waals surface area contributed by atoms with E-state index >= 15 is 0 Å². The van der Waals surface area contributed by atoms with Gasteiger partial charge in [-0.1, -0.05) is 39.5 Å². The Morgan fingerprint density at radius 1 is 1.29 bits per heavy atom. The second-order valence-electron chi connectivity index (χ2n) is 5.96. The topological polar surface area (TPSA) is 29.3 Å². The van der Waals surface area contributed by atoms with Gasteiger partial charge in [0.25, 0.3) is 0 Å². The number of rotatable bonds is 7. The summed E-state index contributed by atoms with van der Waals surface area (Å²) in [5.41, 5.74) is 5.87. The van der Waals surface area contributed by atoms with Crippen molar-refractivity contribution in [2.24, 2.45) is 17.6 Å². The van der Waals surface area contributed by atoms with Crippen LogP contribution in [0.1, 0.15) is 59.3 Å². The third-order valence-corrected chi connectivity index (χ3v) is 4.55. The predicted molar refractivity (Wildman–Crippen MR) is 76.1 cm³/mol. The van der Waals surface area contributed by atoms with Gasteiger partial charge in [-0.15, -0.1) is 0 Å². The highest BCUT2D eigenvalue weighted by molar-refractivity contribution is 4.81. The Labute approximate surface area is 108 Å². The van der Waals surface area contributed by atoms with Gasteiger partial charge in [-0.3, -0.25) is 0 Å². The molecule has 2 nitrogen and oxygen atoms in total. The van der Waals surface area contributed by atoms with E-state index < -0.39 is 0 Å². The van der Waals surface area contributed by atoms with Gasteiger partial charge in [-0.05, 0) is 44.7 Å². The lowest BCUT2D eigenvalue weighted by atomic mass is 9.86. The molecule has 0 radical (unpaired) electrons. The fraction of sp³-hybridized carbons (Fsp3) is 1.00. The predicted octanol–water partition coefficient (Wildman–Crippen LogP) is 3.26. The van der Waals surface area contributed by atoms with E-state index in [0.717, 1.165) is 24.4 Å². The van der Waals surface area contributed by atoms with Crippen LogP contribution in [-0.2, 0) is 0 Å². The molecule has 1 aliphatic rings. The second kappa shape index (κ2) is 8.10. The number of unbranched alkanes of at least 4 members (excludes halogenated alkanes) is 3. The minimum Gasteiger partial charge on any atom is -0.330 e. The summed E-state index contributed by atoms with van der Waals surface area (Å²) in [6.45, 7) is 10.4. The molecule has 1 heterocycles. The molecule has 1 rings (SSSR count). The lowest BCUT2D eigenvalue weighted by Crippen LogP contribution is -2.46. The third kappa shape index (κ3) is 4.97. The van der Waals surface area contributed by atoms with E-state index in [1.807, 2.05) is 0 Å². The molecule has 0 amide bonds. The monoisotopic (exact) mass is 240 g/mol. The highest BCUT2D eigenvalue weighted by Crippen LogP contribution is 2.25. The molecular formula is C15H32N2. The fourth-order valence-corrected chi connectivity index (χ4v) is 2.93. The van der Waals surface area contributed by atoms with Crippen LogP contribution in [0.2, 0.25) is 0 Å². The maximum Gasteiger partial charge on any atom is 0.00670 e. The lowest BCUT2D eigenvalue weighted by molar-refractivity contribution is 0.0929. The summed E-state index contributed by atoms with van der Waals surface area (Å²) in [5, 5.41) is 0. The molecule has 0 aromatic rings. The SMILES string of the molecule is CCCCCCC(C)N1CCC(C)C(CN)C1. The highest BCUT2D eigenvalue weighted by Gasteiger charge is 2.27. The van der Waals surface area contributed by atoms with Crippen molar-refractivity contribution in [1.29, 1.82) is 0 Å². The van der Waals surface area contributed by atoms with Crippen molar-refractivity contribution >= 4 is 0 Å². The van der Waals surface area contributed by atoms with E-state index in [-0.39, 0.29) is 0 Å². The van der Waals surface area contributed by atoms with Crippen LogP contribution in [0.4, 0.5) is 0 Å². The summed E-state index contributed by atoms with van der Waals surface area (Å²) in [6.07, 6.45) is 8.24. The zero-order valence-electron chi connectivity index (χ0n) is 12.1. The minimum atomic E-state index is 0.724. The van der Waals surface area contributed by atoms with Gasteiger partial charge in [0.05, 0.1) is 0 Å². The second-order valence-corrected chi connectivity index (χ2v) is 5.96. The number of hydrogen-bond donors (Lipinski definition) is 1. The van der Waals surface area contributed by atoms with Crippen LogP contribution >= 0.6 is 0 Å². The van der Waals surface area contributed by atoms with E-state index in [9.17, 15) is 0 Å². The molecule has 1 aliphatic heterocycles. The zero-order valence-corrected chi connectivity index (χ0v) is 12.1.